The van der Waals surface area contributed by atoms with Crippen molar-refractivity contribution in [2.24, 2.45) is 5.92 Å². The number of carbonyl (C=O) groups is 2. The van der Waals surface area contributed by atoms with E-state index in [-0.39, 0.29) is 24.8 Å². The molecule has 0 spiro atoms. The Morgan fingerprint density at radius 1 is 1.06 bits per heavy atom. The van der Waals surface area contributed by atoms with Crippen LogP contribution in [-0.2, 0) is 16.1 Å². The van der Waals surface area contributed by atoms with Crippen molar-refractivity contribution in [3.63, 3.8) is 0 Å². The summed E-state index contributed by atoms with van der Waals surface area (Å²) < 4.78 is 10.9. The van der Waals surface area contributed by atoms with Crippen LogP contribution in [0.3, 0.4) is 0 Å². The third-order valence-electron chi connectivity index (χ3n) is 5.23. The Morgan fingerprint density at radius 3 is 2.33 bits per heavy atom. The maximum absolute atomic E-state index is 13.2. The van der Waals surface area contributed by atoms with Gasteiger partial charge in [-0.3, -0.25) is 9.59 Å². The molecule has 7 heteroatoms. The summed E-state index contributed by atoms with van der Waals surface area (Å²) in [5.41, 5.74) is 0.817. The van der Waals surface area contributed by atoms with Crippen molar-refractivity contribution in [1.29, 1.82) is 0 Å². The Labute approximate surface area is 202 Å². The summed E-state index contributed by atoms with van der Waals surface area (Å²) in [5, 5.41) is 3.55. The van der Waals surface area contributed by atoms with Crippen LogP contribution >= 0.6 is 11.6 Å². The van der Waals surface area contributed by atoms with Gasteiger partial charge in [-0.2, -0.15) is 0 Å². The summed E-state index contributed by atoms with van der Waals surface area (Å²) in [6.45, 7) is 7.24. The maximum Gasteiger partial charge on any atom is 0.242 e. The summed E-state index contributed by atoms with van der Waals surface area (Å²) in [6.07, 6.45) is 1.32. The third kappa shape index (κ3) is 8.61. The minimum absolute atomic E-state index is 0.0974. The van der Waals surface area contributed by atoms with Crippen molar-refractivity contribution in [3.8, 4) is 11.5 Å². The SMILES string of the molecule is CC[C@H](C(=O)NCC(C)C)N(Cc1ccccc1Cl)C(=O)CCCOc1ccc(OC)cc1. The molecule has 0 fully saturated rings. The van der Waals surface area contributed by atoms with Crippen molar-refractivity contribution in [1.82, 2.24) is 10.2 Å². The lowest BCUT2D eigenvalue weighted by molar-refractivity contribution is -0.141. The minimum atomic E-state index is -0.560. The van der Waals surface area contributed by atoms with Gasteiger partial charge in [0.1, 0.15) is 17.5 Å². The fourth-order valence-electron chi connectivity index (χ4n) is 3.38. The topological polar surface area (TPSA) is 67.9 Å². The number of nitrogens with zero attached hydrogens (tertiary/aromatic N) is 1. The zero-order valence-corrected chi connectivity index (χ0v) is 20.7. The zero-order valence-electron chi connectivity index (χ0n) is 20.0. The Morgan fingerprint density at radius 2 is 1.73 bits per heavy atom. The van der Waals surface area contributed by atoms with E-state index < -0.39 is 6.04 Å². The van der Waals surface area contributed by atoms with Crippen LogP contribution in [0, 0.1) is 5.92 Å². The fourth-order valence-corrected chi connectivity index (χ4v) is 3.58. The Balaban J connectivity index is 2.04. The lowest BCUT2D eigenvalue weighted by Crippen LogP contribution is -2.49. The Kier molecular flexibility index (Phi) is 11.0. The molecule has 0 saturated heterocycles. The minimum Gasteiger partial charge on any atom is -0.497 e. The number of hydrogen-bond acceptors (Lipinski definition) is 4. The predicted molar refractivity (Wildman–Crippen MR) is 132 cm³/mol. The highest BCUT2D eigenvalue weighted by Gasteiger charge is 2.28. The molecule has 1 N–H and O–H groups in total. The molecule has 0 aliphatic rings. The number of nitrogens with one attached hydrogen (secondary N) is 1. The molecule has 33 heavy (non-hydrogen) atoms. The van der Waals surface area contributed by atoms with Gasteiger partial charge in [-0.15, -0.1) is 0 Å². The number of carbonyl (C=O) groups excluding carboxylic acids is 2. The summed E-state index contributed by atoms with van der Waals surface area (Å²) >= 11 is 6.35. The number of methoxy groups -OCH3 is 1. The van der Waals surface area contributed by atoms with Gasteiger partial charge in [-0.1, -0.05) is 50.6 Å². The molecular formula is C26H35ClN2O4. The maximum atomic E-state index is 13.2. The number of hydrogen-bond donors (Lipinski definition) is 1. The third-order valence-corrected chi connectivity index (χ3v) is 5.60. The van der Waals surface area contributed by atoms with Crippen molar-refractivity contribution in [2.45, 2.75) is 52.6 Å². The summed E-state index contributed by atoms with van der Waals surface area (Å²) in [7, 11) is 1.61. The van der Waals surface area contributed by atoms with E-state index >= 15 is 0 Å². The second-order valence-electron chi connectivity index (χ2n) is 8.30. The van der Waals surface area contributed by atoms with Crippen LogP contribution in [0.5, 0.6) is 11.5 Å². The van der Waals surface area contributed by atoms with Gasteiger partial charge in [0.25, 0.3) is 0 Å². The highest BCUT2D eigenvalue weighted by Crippen LogP contribution is 2.21. The standard InChI is InChI=1S/C26H35ClN2O4/c1-5-24(26(31)28-17-19(2)3)29(18-20-9-6-7-10-23(20)27)25(30)11-8-16-33-22-14-12-21(32-4)13-15-22/h6-7,9-10,12-15,19,24H,5,8,11,16-18H2,1-4H3,(H,28,31)/t24-/m1/s1. The molecule has 6 nitrogen and oxygen atoms in total. The zero-order chi connectivity index (χ0) is 24.2. The summed E-state index contributed by atoms with van der Waals surface area (Å²) in [5.74, 6) is 1.57. The van der Waals surface area contributed by atoms with Crippen LogP contribution in [0.25, 0.3) is 0 Å². The molecule has 0 heterocycles. The van der Waals surface area contributed by atoms with Gasteiger partial charge >= 0.3 is 0 Å². The summed E-state index contributed by atoms with van der Waals surface area (Å²) in [6, 6.07) is 14.2. The van der Waals surface area contributed by atoms with Crippen LogP contribution in [0.4, 0.5) is 0 Å². The van der Waals surface area contributed by atoms with Crippen LogP contribution < -0.4 is 14.8 Å². The predicted octanol–water partition coefficient (Wildman–Crippen LogP) is 5.09. The second kappa shape index (κ2) is 13.7. The van der Waals surface area contributed by atoms with E-state index in [1.165, 1.54) is 0 Å². The smallest absolute Gasteiger partial charge is 0.242 e. The molecule has 180 valence electrons. The molecule has 2 rings (SSSR count). The van der Waals surface area contributed by atoms with Gasteiger partial charge in [0.05, 0.1) is 13.7 Å². The molecule has 2 aromatic carbocycles. The van der Waals surface area contributed by atoms with Crippen LogP contribution in [0.1, 0.15) is 45.6 Å². The van der Waals surface area contributed by atoms with Crippen molar-refractivity contribution in [3.05, 3.63) is 59.1 Å². The average Bonchev–Trinajstić information content (AvgIpc) is 2.81. The first-order chi connectivity index (χ1) is 15.8. The molecule has 0 bridgehead atoms. The number of rotatable bonds is 13. The Bertz CT molecular complexity index is 886. The number of benzene rings is 2. The van der Waals surface area contributed by atoms with E-state index in [9.17, 15) is 9.59 Å². The normalized spacial score (nSPS) is 11.7. The monoisotopic (exact) mass is 474 g/mol. The highest BCUT2D eigenvalue weighted by molar-refractivity contribution is 6.31. The first kappa shape index (κ1) is 26.5. The average molecular weight is 475 g/mol. The van der Waals surface area contributed by atoms with E-state index in [0.717, 1.165) is 17.1 Å². The van der Waals surface area contributed by atoms with Gasteiger partial charge < -0.3 is 19.7 Å². The Hall–Kier alpha value is -2.73. The van der Waals surface area contributed by atoms with E-state index in [1.807, 2.05) is 63.2 Å². The van der Waals surface area contributed by atoms with E-state index in [1.54, 1.807) is 18.1 Å². The largest absolute Gasteiger partial charge is 0.497 e. The number of halogens is 1. The molecule has 1 atom stereocenters. The van der Waals surface area contributed by atoms with Gasteiger partial charge in [0, 0.05) is 24.5 Å². The van der Waals surface area contributed by atoms with Crippen LogP contribution in [0.2, 0.25) is 5.02 Å². The second-order valence-corrected chi connectivity index (χ2v) is 8.71. The van der Waals surface area contributed by atoms with E-state index in [4.69, 9.17) is 21.1 Å². The lowest BCUT2D eigenvalue weighted by atomic mass is 10.1. The number of amides is 2. The van der Waals surface area contributed by atoms with Crippen molar-refractivity contribution >= 4 is 23.4 Å². The molecule has 0 radical (unpaired) electrons. The molecule has 0 aliphatic carbocycles. The van der Waals surface area contributed by atoms with Crippen LogP contribution in [-0.4, -0.2) is 43.0 Å². The summed E-state index contributed by atoms with van der Waals surface area (Å²) in [4.78, 5) is 27.8. The first-order valence-electron chi connectivity index (χ1n) is 11.4. The van der Waals surface area contributed by atoms with Crippen molar-refractivity contribution < 1.29 is 19.1 Å². The number of ether oxygens (including phenoxy) is 2. The van der Waals surface area contributed by atoms with Gasteiger partial charge in [-0.25, -0.2) is 0 Å². The quantitative estimate of drug-likeness (QED) is 0.411. The van der Waals surface area contributed by atoms with Crippen LogP contribution in [0.15, 0.2) is 48.5 Å². The van der Waals surface area contributed by atoms with Gasteiger partial charge in [0.2, 0.25) is 11.8 Å². The molecule has 0 unspecified atom stereocenters. The lowest BCUT2D eigenvalue weighted by Gasteiger charge is -2.31. The molecule has 0 aliphatic heterocycles. The highest BCUT2D eigenvalue weighted by atomic mass is 35.5. The fraction of sp³-hybridized carbons (Fsp3) is 0.462. The molecule has 0 saturated carbocycles. The van der Waals surface area contributed by atoms with E-state index in [2.05, 4.69) is 5.32 Å². The molecule has 0 aromatic heterocycles. The molecule has 2 aromatic rings. The van der Waals surface area contributed by atoms with Gasteiger partial charge in [0.15, 0.2) is 0 Å². The van der Waals surface area contributed by atoms with E-state index in [0.29, 0.717) is 36.9 Å². The first-order valence-corrected chi connectivity index (χ1v) is 11.8. The molecular weight excluding hydrogens is 440 g/mol. The van der Waals surface area contributed by atoms with Crippen molar-refractivity contribution in [2.75, 3.05) is 20.3 Å². The molecule has 2 amide bonds. The van der Waals surface area contributed by atoms with Gasteiger partial charge in [-0.05, 0) is 54.7 Å².